The van der Waals surface area contributed by atoms with Crippen molar-refractivity contribution >= 4 is 11.5 Å². The summed E-state index contributed by atoms with van der Waals surface area (Å²) in [5.74, 6) is -0.600. The highest BCUT2D eigenvalue weighted by molar-refractivity contribution is 5.77. The predicted molar refractivity (Wildman–Crippen MR) is 84.0 cm³/mol. The molecule has 1 aromatic carbocycles. The molecule has 0 radical (unpaired) electrons. The summed E-state index contributed by atoms with van der Waals surface area (Å²) >= 11 is 0. The van der Waals surface area contributed by atoms with Crippen LogP contribution >= 0.6 is 0 Å². The van der Waals surface area contributed by atoms with Crippen molar-refractivity contribution in [2.24, 2.45) is 7.05 Å². The molecule has 0 saturated carbocycles. The van der Waals surface area contributed by atoms with Gasteiger partial charge in [0.1, 0.15) is 11.6 Å². The van der Waals surface area contributed by atoms with E-state index in [4.69, 9.17) is 10.5 Å². The molecule has 0 unspecified atom stereocenters. The second kappa shape index (κ2) is 5.95. The number of non-ortho nitro benzene ring substituents is 1. The highest BCUT2D eigenvalue weighted by Crippen LogP contribution is 2.36. The Morgan fingerprint density at radius 2 is 2.08 bits per heavy atom. The van der Waals surface area contributed by atoms with Crippen LogP contribution in [0, 0.1) is 15.9 Å². The number of hydrogen-bond acceptors (Lipinski definition) is 6. The summed E-state index contributed by atoms with van der Waals surface area (Å²) in [6.45, 7) is 0. The summed E-state index contributed by atoms with van der Waals surface area (Å²) in [5, 5.41) is 10.7. The van der Waals surface area contributed by atoms with E-state index in [1.165, 1.54) is 18.3 Å². The molecule has 8 nitrogen and oxygen atoms in total. The Hall–Kier alpha value is -3.49. The molecule has 0 fully saturated rings. The number of anilines is 1. The van der Waals surface area contributed by atoms with Crippen LogP contribution < -0.4 is 10.5 Å². The van der Waals surface area contributed by atoms with Crippen molar-refractivity contribution in [3.63, 3.8) is 0 Å². The van der Waals surface area contributed by atoms with E-state index in [1.54, 1.807) is 24.1 Å². The van der Waals surface area contributed by atoms with Gasteiger partial charge in [0.05, 0.1) is 28.6 Å². The van der Waals surface area contributed by atoms with Crippen LogP contribution in [0.25, 0.3) is 11.3 Å². The van der Waals surface area contributed by atoms with Gasteiger partial charge in [-0.25, -0.2) is 14.4 Å². The number of halogens is 1. The SMILES string of the molecule is Cn1cnc(-c2c(Oc3ccc([N+](=O)[O-])cc3F)ccnc2N)c1. The molecule has 0 aliphatic heterocycles. The van der Waals surface area contributed by atoms with Crippen molar-refractivity contribution in [1.82, 2.24) is 14.5 Å². The molecule has 2 heterocycles. The predicted octanol–water partition coefficient (Wildman–Crippen LogP) is 2.90. The smallest absolute Gasteiger partial charge is 0.272 e. The second-order valence-electron chi connectivity index (χ2n) is 4.97. The molecular formula is C15H12FN5O3. The third-order valence-corrected chi connectivity index (χ3v) is 3.25. The van der Waals surface area contributed by atoms with E-state index in [0.29, 0.717) is 11.3 Å². The molecule has 0 amide bonds. The van der Waals surface area contributed by atoms with Gasteiger partial charge in [0.2, 0.25) is 0 Å². The Morgan fingerprint density at radius 3 is 2.71 bits per heavy atom. The van der Waals surface area contributed by atoms with Crippen LogP contribution in [-0.2, 0) is 7.05 Å². The number of pyridine rings is 1. The molecule has 0 atom stereocenters. The molecule has 24 heavy (non-hydrogen) atoms. The fraction of sp³-hybridized carbons (Fsp3) is 0.0667. The van der Waals surface area contributed by atoms with Crippen LogP contribution in [0.5, 0.6) is 11.5 Å². The highest BCUT2D eigenvalue weighted by atomic mass is 19.1. The Balaban J connectivity index is 2.02. The average Bonchev–Trinajstić information content (AvgIpc) is 2.95. The molecule has 9 heteroatoms. The molecule has 0 spiro atoms. The number of aryl methyl sites for hydroxylation is 1. The minimum absolute atomic E-state index is 0.164. The van der Waals surface area contributed by atoms with Crippen LogP contribution in [0.2, 0.25) is 0 Å². The molecule has 2 N–H and O–H groups in total. The lowest BCUT2D eigenvalue weighted by molar-refractivity contribution is -0.385. The summed E-state index contributed by atoms with van der Waals surface area (Å²) in [5.41, 5.74) is 6.46. The Kier molecular flexibility index (Phi) is 3.82. The van der Waals surface area contributed by atoms with Gasteiger partial charge in [-0.15, -0.1) is 0 Å². The highest BCUT2D eigenvalue weighted by Gasteiger charge is 2.17. The Labute approximate surface area is 135 Å². The average molecular weight is 329 g/mol. The normalized spacial score (nSPS) is 10.6. The molecule has 0 bridgehead atoms. The van der Waals surface area contributed by atoms with Crippen LogP contribution in [0.3, 0.4) is 0 Å². The number of nitrogen functional groups attached to an aromatic ring is 1. The van der Waals surface area contributed by atoms with E-state index < -0.39 is 10.7 Å². The number of benzene rings is 1. The fourth-order valence-corrected chi connectivity index (χ4v) is 2.15. The lowest BCUT2D eigenvalue weighted by Gasteiger charge is -2.11. The zero-order chi connectivity index (χ0) is 17.3. The number of hydrogen-bond donors (Lipinski definition) is 1. The van der Waals surface area contributed by atoms with E-state index in [2.05, 4.69) is 9.97 Å². The van der Waals surface area contributed by atoms with Crippen LogP contribution in [0.1, 0.15) is 0 Å². The van der Waals surface area contributed by atoms with Gasteiger partial charge >= 0.3 is 0 Å². The van der Waals surface area contributed by atoms with E-state index in [1.807, 2.05) is 0 Å². The maximum atomic E-state index is 14.0. The first-order chi connectivity index (χ1) is 11.5. The molecule has 0 aliphatic carbocycles. The van der Waals surface area contributed by atoms with Crippen molar-refractivity contribution < 1.29 is 14.1 Å². The zero-order valence-corrected chi connectivity index (χ0v) is 12.5. The van der Waals surface area contributed by atoms with Crippen molar-refractivity contribution in [2.75, 3.05) is 5.73 Å². The third kappa shape index (κ3) is 2.86. The molecular weight excluding hydrogens is 317 g/mol. The van der Waals surface area contributed by atoms with E-state index in [-0.39, 0.29) is 23.0 Å². The molecule has 0 saturated heterocycles. The number of rotatable bonds is 4. The molecule has 3 aromatic rings. The van der Waals surface area contributed by atoms with Gasteiger partial charge in [0.15, 0.2) is 11.6 Å². The van der Waals surface area contributed by atoms with Crippen molar-refractivity contribution in [2.45, 2.75) is 0 Å². The number of ether oxygens (including phenoxy) is 1. The molecule has 3 rings (SSSR count). The van der Waals surface area contributed by atoms with Gasteiger partial charge < -0.3 is 15.0 Å². The van der Waals surface area contributed by atoms with Crippen molar-refractivity contribution in [3.8, 4) is 22.8 Å². The van der Waals surface area contributed by atoms with Gasteiger partial charge in [0, 0.05) is 25.5 Å². The first-order valence-electron chi connectivity index (χ1n) is 6.80. The van der Waals surface area contributed by atoms with Gasteiger partial charge in [-0.05, 0) is 12.1 Å². The van der Waals surface area contributed by atoms with Gasteiger partial charge in [-0.2, -0.15) is 0 Å². The molecule has 122 valence electrons. The summed E-state index contributed by atoms with van der Waals surface area (Å²) < 4.78 is 21.3. The summed E-state index contributed by atoms with van der Waals surface area (Å²) in [6, 6.07) is 4.65. The third-order valence-electron chi connectivity index (χ3n) is 3.25. The second-order valence-corrected chi connectivity index (χ2v) is 4.97. The summed E-state index contributed by atoms with van der Waals surface area (Å²) in [7, 11) is 1.79. The quantitative estimate of drug-likeness (QED) is 0.582. The standard InChI is InChI=1S/C15H12FN5O3/c1-20-7-11(19-8-20)14-13(4-5-18-15(14)17)24-12-3-2-9(21(22)23)6-10(12)16/h2-8H,1H3,(H2,17,18). The van der Waals surface area contributed by atoms with E-state index in [9.17, 15) is 14.5 Å². The van der Waals surface area contributed by atoms with Crippen LogP contribution in [0.15, 0.2) is 43.0 Å². The molecule has 2 aromatic heterocycles. The minimum Gasteiger partial charge on any atom is -0.453 e. The fourth-order valence-electron chi connectivity index (χ4n) is 2.15. The largest absolute Gasteiger partial charge is 0.453 e. The number of imidazole rings is 1. The van der Waals surface area contributed by atoms with Crippen LogP contribution in [0.4, 0.5) is 15.9 Å². The minimum atomic E-state index is -0.855. The molecule has 0 aliphatic rings. The number of nitrogens with two attached hydrogens (primary N) is 1. The van der Waals surface area contributed by atoms with E-state index in [0.717, 1.165) is 12.1 Å². The lowest BCUT2D eigenvalue weighted by Crippen LogP contribution is -1.98. The monoisotopic (exact) mass is 329 g/mol. The Morgan fingerprint density at radius 1 is 1.29 bits per heavy atom. The number of nitro benzene ring substituents is 1. The maximum absolute atomic E-state index is 14.0. The lowest BCUT2D eigenvalue weighted by atomic mass is 10.2. The van der Waals surface area contributed by atoms with Gasteiger partial charge in [-0.3, -0.25) is 10.1 Å². The number of aromatic nitrogens is 3. The van der Waals surface area contributed by atoms with Crippen molar-refractivity contribution in [3.05, 3.63) is 58.9 Å². The first kappa shape index (κ1) is 15.4. The maximum Gasteiger partial charge on any atom is 0.272 e. The Bertz CT molecular complexity index is 925. The van der Waals surface area contributed by atoms with Crippen LogP contribution in [-0.4, -0.2) is 19.5 Å². The topological polar surface area (TPSA) is 109 Å². The van der Waals surface area contributed by atoms with Crippen molar-refractivity contribution in [1.29, 1.82) is 0 Å². The number of nitro groups is 1. The summed E-state index contributed by atoms with van der Waals surface area (Å²) in [6.07, 6.45) is 4.71. The van der Waals surface area contributed by atoms with E-state index >= 15 is 0 Å². The van der Waals surface area contributed by atoms with Gasteiger partial charge in [-0.1, -0.05) is 0 Å². The number of nitrogens with zero attached hydrogens (tertiary/aromatic N) is 4. The van der Waals surface area contributed by atoms with Gasteiger partial charge in [0.25, 0.3) is 5.69 Å². The first-order valence-corrected chi connectivity index (χ1v) is 6.80. The zero-order valence-electron chi connectivity index (χ0n) is 12.5. The summed E-state index contributed by atoms with van der Waals surface area (Å²) in [4.78, 5) is 18.2.